The van der Waals surface area contributed by atoms with Gasteiger partial charge in [0.1, 0.15) is 0 Å². The Morgan fingerprint density at radius 2 is 1.62 bits per heavy atom. The molecule has 170 valence electrons. The number of carbonyl (C=O) groups is 2. The number of benzene rings is 2. The first-order chi connectivity index (χ1) is 15.6. The van der Waals surface area contributed by atoms with E-state index in [1.165, 1.54) is 31.2 Å². The fraction of sp³-hybridized carbons (Fsp3) is 0.481. The fourth-order valence-corrected chi connectivity index (χ4v) is 4.87. The van der Waals surface area contributed by atoms with Crippen LogP contribution in [0.25, 0.3) is 0 Å². The summed E-state index contributed by atoms with van der Waals surface area (Å²) in [6.07, 6.45) is 7.02. The minimum atomic E-state index is -0.181. The van der Waals surface area contributed by atoms with Gasteiger partial charge >= 0.3 is 0 Å². The summed E-state index contributed by atoms with van der Waals surface area (Å²) in [5.41, 5.74) is 2.99. The first-order valence-corrected chi connectivity index (χ1v) is 12.1. The second-order valence-electron chi connectivity index (χ2n) is 9.39. The third-order valence-electron chi connectivity index (χ3n) is 6.66. The Labute approximate surface area is 191 Å². The second kappa shape index (κ2) is 10.8. The first kappa shape index (κ1) is 22.5. The molecule has 5 heteroatoms. The molecule has 32 heavy (non-hydrogen) atoms. The second-order valence-corrected chi connectivity index (χ2v) is 9.39. The van der Waals surface area contributed by atoms with Gasteiger partial charge in [0.2, 0.25) is 0 Å². The Balaban J connectivity index is 1.41. The van der Waals surface area contributed by atoms with Crippen LogP contribution in [0.5, 0.6) is 0 Å². The molecule has 1 atom stereocenters. The number of rotatable bonds is 5. The molecule has 2 heterocycles. The summed E-state index contributed by atoms with van der Waals surface area (Å²) in [5, 5.41) is 2.97. The lowest BCUT2D eigenvalue weighted by molar-refractivity contribution is 0.0762. The predicted molar refractivity (Wildman–Crippen MR) is 129 cm³/mol. The van der Waals surface area contributed by atoms with Crippen molar-refractivity contribution >= 4 is 17.5 Å². The van der Waals surface area contributed by atoms with Crippen molar-refractivity contribution in [1.29, 1.82) is 0 Å². The van der Waals surface area contributed by atoms with Crippen molar-refractivity contribution in [2.75, 3.05) is 31.5 Å². The number of hydrogen-bond donors (Lipinski definition) is 1. The molecule has 2 aromatic carbocycles. The highest BCUT2D eigenvalue weighted by Gasteiger charge is 2.21. The molecule has 2 aromatic rings. The molecular formula is C27H35N3O2. The van der Waals surface area contributed by atoms with E-state index < -0.39 is 0 Å². The van der Waals surface area contributed by atoms with Crippen LogP contribution < -0.4 is 5.32 Å². The summed E-state index contributed by atoms with van der Waals surface area (Å²) in [7, 11) is 0. The van der Waals surface area contributed by atoms with Gasteiger partial charge in [-0.05, 0) is 68.0 Å². The molecule has 0 unspecified atom stereocenters. The third kappa shape index (κ3) is 5.77. The molecule has 0 radical (unpaired) electrons. The molecule has 0 aliphatic carbocycles. The molecule has 0 saturated carbocycles. The smallest absolute Gasteiger partial charge is 0.255 e. The van der Waals surface area contributed by atoms with Gasteiger partial charge in [0.15, 0.2) is 0 Å². The Kier molecular flexibility index (Phi) is 7.59. The van der Waals surface area contributed by atoms with Gasteiger partial charge in [-0.25, -0.2) is 0 Å². The third-order valence-corrected chi connectivity index (χ3v) is 6.66. The normalized spacial score (nSPS) is 19.9. The van der Waals surface area contributed by atoms with E-state index in [2.05, 4.69) is 17.1 Å². The van der Waals surface area contributed by atoms with E-state index in [0.717, 1.165) is 51.5 Å². The fourth-order valence-electron chi connectivity index (χ4n) is 4.87. The van der Waals surface area contributed by atoms with Crippen LogP contribution in [-0.2, 0) is 6.54 Å². The summed E-state index contributed by atoms with van der Waals surface area (Å²) in [4.78, 5) is 30.5. The first-order valence-electron chi connectivity index (χ1n) is 12.1. The van der Waals surface area contributed by atoms with E-state index in [9.17, 15) is 9.59 Å². The van der Waals surface area contributed by atoms with Crippen LogP contribution in [0.2, 0.25) is 0 Å². The SMILES string of the molecule is C[C@H]1CCCN(Cc2ccc(C(=O)Nc3ccccc3C(=O)N3CCCCCC3)cc2)C1. The van der Waals surface area contributed by atoms with Gasteiger partial charge in [-0.15, -0.1) is 0 Å². The lowest BCUT2D eigenvalue weighted by Crippen LogP contribution is -2.33. The van der Waals surface area contributed by atoms with Crippen LogP contribution in [-0.4, -0.2) is 47.8 Å². The number of anilines is 1. The maximum atomic E-state index is 13.1. The number of para-hydroxylation sites is 1. The number of nitrogens with one attached hydrogen (secondary N) is 1. The number of hydrogen-bond acceptors (Lipinski definition) is 3. The zero-order valence-electron chi connectivity index (χ0n) is 19.2. The molecule has 2 fully saturated rings. The van der Waals surface area contributed by atoms with Gasteiger partial charge in [-0.2, -0.15) is 0 Å². The van der Waals surface area contributed by atoms with Gasteiger partial charge in [-0.1, -0.05) is 44.0 Å². The maximum Gasteiger partial charge on any atom is 0.255 e. The molecule has 2 aliphatic heterocycles. The van der Waals surface area contributed by atoms with E-state index in [1.54, 1.807) is 0 Å². The average Bonchev–Trinajstić information content (AvgIpc) is 3.09. The summed E-state index contributed by atoms with van der Waals surface area (Å²) >= 11 is 0. The molecule has 2 amide bonds. The summed E-state index contributed by atoms with van der Waals surface area (Å²) in [6.45, 7) is 7.11. The van der Waals surface area contributed by atoms with Gasteiger partial charge in [0.25, 0.3) is 11.8 Å². The van der Waals surface area contributed by atoms with Crippen molar-refractivity contribution in [3.05, 3.63) is 65.2 Å². The quantitative estimate of drug-likeness (QED) is 0.706. The highest BCUT2D eigenvalue weighted by Crippen LogP contribution is 2.22. The van der Waals surface area contributed by atoms with Gasteiger partial charge in [-0.3, -0.25) is 14.5 Å². The maximum absolute atomic E-state index is 13.1. The topological polar surface area (TPSA) is 52.7 Å². The summed E-state index contributed by atoms with van der Waals surface area (Å²) in [6, 6.07) is 15.2. The van der Waals surface area contributed by atoms with E-state index >= 15 is 0 Å². The number of amides is 2. The van der Waals surface area contributed by atoms with Gasteiger partial charge in [0.05, 0.1) is 11.3 Å². The molecule has 2 saturated heterocycles. The number of carbonyl (C=O) groups excluding carboxylic acids is 2. The Morgan fingerprint density at radius 3 is 2.34 bits per heavy atom. The van der Waals surface area contributed by atoms with Crippen molar-refractivity contribution in [3.8, 4) is 0 Å². The van der Waals surface area contributed by atoms with Crippen LogP contribution in [0.15, 0.2) is 48.5 Å². The van der Waals surface area contributed by atoms with Crippen LogP contribution in [0.1, 0.15) is 71.7 Å². The van der Waals surface area contributed by atoms with E-state index in [0.29, 0.717) is 16.8 Å². The standard InChI is InChI=1S/C27H35N3O2/c1-21-9-8-16-29(19-21)20-22-12-14-23(15-13-22)26(31)28-25-11-5-4-10-24(25)27(32)30-17-6-2-3-7-18-30/h4-5,10-15,21H,2-3,6-9,16-20H2,1H3,(H,28,31)/t21-/m0/s1. The lowest BCUT2D eigenvalue weighted by Gasteiger charge is -2.30. The largest absolute Gasteiger partial charge is 0.339 e. The van der Waals surface area contributed by atoms with Crippen molar-refractivity contribution < 1.29 is 9.59 Å². The zero-order valence-corrected chi connectivity index (χ0v) is 19.2. The Morgan fingerprint density at radius 1 is 0.906 bits per heavy atom. The molecule has 0 spiro atoms. The molecule has 2 aliphatic rings. The Bertz CT molecular complexity index is 917. The van der Waals surface area contributed by atoms with E-state index in [-0.39, 0.29) is 11.8 Å². The molecule has 0 bridgehead atoms. The van der Waals surface area contributed by atoms with E-state index in [4.69, 9.17) is 0 Å². The van der Waals surface area contributed by atoms with Crippen LogP contribution in [0.3, 0.4) is 0 Å². The van der Waals surface area contributed by atoms with Crippen molar-refractivity contribution in [2.24, 2.45) is 5.92 Å². The molecule has 0 aromatic heterocycles. The molecule has 4 rings (SSSR count). The van der Waals surface area contributed by atoms with Crippen molar-refractivity contribution in [1.82, 2.24) is 9.80 Å². The Hall–Kier alpha value is -2.66. The number of nitrogens with zero attached hydrogens (tertiary/aromatic N) is 2. The summed E-state index contributed by atoms with van der Waals surface area (Å²) < 4.78 is 0. The molecule has 5 nitrogen and oxygen atoms in total. The molecule has 1 N–H and O–H groups in total. The van der Waals surface area contributed by atoms with Gasteiger partial charge in [0, 0.05) is 31.7 Å². The van der Waals surface area contributed by atoms with Crippen molar-refractivity contribution in [3.63, 3.8) is 0 Å². The lowest BCUT2D eigenvalue weighted by atomic mass is 9.99. The number of piperidine rings is 1. The summed E-state index contributed by atoms with van der Waals surface area (Å²) in [5.74, 6) is 0.582. The predicted octanol–water partition coefficient (Wildman–Crippen LogP) is 5.19. The van der Waals surface area contributed by atoms with Crippen molar-refractivity contribution in [2.45, 2.75) is 52.0 Å². The number of likely N-dealkylation sites (tertiary alicyclic amines) is 2. The minimum Gasteiger partial charge on any atom is -0.339 e. The highest BCUT2D eigenvalue weighted by atomic mass is 16.2. The van der Waals surface area contributed by atoms with Crippen LogP contribution in [0.4, 0.5) is 5.69 Å². The van der Waals surface area contributed by atoms with Gasteiger partial charge < -0.3 is 10.2 Å². The monoisotopic (exact) mass is 433 g/mol. The van der Waals surface area contributed by atoms with Crippen LogP contribution >= 0.6 is 0 Å². The van der Waals surface area contributed by atoms with E-state index in [1.807, 2.05) is 53.4 Å². The minimum absolute atomic E-state index is 0.00825. The zero-order chi connectivity index (χ0) is 22.3. The average molecular weight is 434 g/mol. The van der Waals surface area contributed by atoms with Crippen LogP contribution in [0, 0.1) is 5.92 Å². The molecular weight excluding hydrogens is 398 g/mol. The highest BCUT2D eigenvalue weighted by molar-refractivity contribution is 6.09.